The van der Waals surface area contributed by atoms with Gasteiger partial charge in [-0.05, 0) is 49.2 Å². The Hall–Kier alpha value is -2.36. The van der Waals surface area contributed by atoms with Crippen molar-refractivity contribution < 1.29 is 14.3 Å². The summed E-state index contributed by atoms with van der Waals surface area (Å²) in [4.78, 5) is 12.0. The molecule has 0 aromatic heterocycles. The third-order valence-corrected chi connectivity index (χ3v) is 2.90. The smallest absolute Gasteiger partial charge is 0.259 e. The Morgan fingerprint density at radius 2 is 1.89 bits per heavy atom. The number of anilines is 1. The lowest BCUT2D eigenvalue weighted by molar-refractivity contribution is 0.102. The number of aryl methyl sites for hydroxylation is 2. The van der Waals surface area contributed by atoms with Crippen LogP contribution in [0.4, 0.5) is 10.1 Å². The van der Waals surface area contributed by atoms with Crippen molar-refractivity contribution in [3.05, 3.63) is 58.9 Å². The van der Waals surface area contributed by atoms with Crippen LogP contribution < -0.4 is 5.32 Å². The van der Waals surface area contributed by atoms with Crippen molar-refractivity contribution in [2.45, 2.75) is 13.8 Å². The van der Waals surface area contributed by atoms with E-state index in [2.05, 4.69) is 5.32 Å². The molecule has 1 amide bonds. The van der Waals surface area contributed by atoms with E-state index in [1.165, 1.54) is 18.2 Å². The molecule has 4 heteroatoms. The molecule has 19 heavy (non-hydrogen) atoms. The maximum Gasteiger partial charge on any atom is 0.259 e. The SMILES string of the molecule is Cc1cc(NC(=O)c2cccc(C)c2O)ccc1F. The van der Waals surface area contributed by atoms with E-state index in [1.54, 1.807) is 32.0 Å². The molecule has 2 N–H and O–H groups in total. The minimum Gasteiger partial charge on any atom is -0.507 e. The van der Waals surface area contributed by atoms with Crippen molar-refractivity contribution in [1.82, 2.24) is 0 Å². The first kappa shape index (κ1) is 13.1. The van der Waals surface area contributed by atoms with Gasteiger partial charge >= 0.3 is 0 Å². The summed E-state index contributed by atoms with van der Waals surface area (Å²) in [6.07, 6.45) is 0. The van der Waals surface area contributed by atoms with Crippen molar-refractivity contribution >= 4 is 11.6 Å². The van der Waals surface area contributed by atoms with Gasteiger partial charge in [-0.3, -0.25) is 4.79 Å². The zero-order valence-electron chi connectivity index (χ0n) is 10.7. The number of hydrogen-bond donors (Lipinski definition) is 2. The van der Waals surface area contributed by atoms with Crippen LogP contribution >= 0.6 is 0 Å². The average Bonchev–Trinajstić information content (AvgIpc) is 2.37. The Kier molecular flexibility index (Phi) is 3.51. The summed E-state index contributed by atoms with van der Waals surface area (Å²) in [6, 6.07) is 9.26. The fourth-order valence-electron chi connectivity index (χ4n) is 1.76. The molecule has 98 valence electrons. The molecule has 2 rings (SSSR count). The van der Waals surface area contributed by atoms with Gasteiger partial charge in [-0.15, -0.1) is 0 Å². The number of benzene rings is 2. The third-order valence-electron chi connectivity index (χ3n) is 2.90. The average molecular weight is 259 g/mol. The molecule has 3 nitrogen and oxygen atoms in total. The van der Waals surface area contributed by atoms with E-state index in [0.717, 1.165) is 0 Å². The number of amides is 1. The molecule has 2 aromatic rings. The molecule has 0 aliphatic heterocycles. The van der Waals surface area contributed by atoms with Gasteiger partial charge in [-0.2, -0.15) is 0 Å². The van der Waals surface area contributed by atoms with Gasteiger partial charge in [0.1, 0.15) is 11.6 Å². The van der Waals surface area contributed by atoms with Crippen LogP contribution in [0.5, 0.6) is 5.75 Å². The number of hydrogen-bond acceptors (Lipinski definition) is 2. The molecule has 0 heterocycles. The van der Waals surface area contributed by atoms with Crippen LogP contribution in [0.2, 0.25) is 0 Å². The lowest BCUT2D eigenvalue weighted by atomic mass is 10.1. The lowest BCUT2D eigenvalue weighted by Crippen LogP contribution is -2.12. The summed E-state index contributed by atoms with van der Waals surface area (Å²) in [5.41, 5.74) is 1.76. The summed E-state index contributed by atoms with van der Waals surface area (Å²) < 4.78 is 13.1. The van der Waals surface area contributed by atoms with Crippen molar-refractivity contribution in [3.63, 3.8) is 0 Å². The number of nitrogens with one attached hydrogen (secondary N) is 1. The Balaban J connectivity index is 2.26. The summed E-state index contributed by atoms with van der Waals surface area (Å²) in [5, 5.41) is 12.5. The van der Waals surface area contributed by atoms with E-state index in [0.29, 0.717) is 16.8 Å². The molecule has 0 unspecified atom stereocenters. The number of halogens is 1. The van der Waals surface area contributed by atoms with Gasteiger partial charge in [0.25, 0.3) is 5.91 Å². The molecule has 0 saturated carbocycles. The first-order valence-corrected chi connectivity index (χ1v) is 5.85. The van der Waals surface area contributed by atoms with Gasteiger partial charge in [-0.1, -0.05) is 12.1 Å². The molecule has 0 aliphatic rings. The summed E-state index contributed by atoms with van der Waals surface area (Å²) in [5.74, 6) is -0.789. The van der Waals surface area contributed by atoms with Gasteiger partial charge in [0.15, 0.2) is 0 Å². The second-order valence-corrected chi connectivity index (χ2v) is 4.39. The van der Waals surface area contributed by atoms with E-state index < -0.39 is 5.91 Å². The molecule has 2 aromatic carbocycles. The van der Waals surface area contributed by atoms with E-state index in [-0.39, 0.29) is 17.1 Å². The Morgan fingerprint density at radius 3 is 2.58 bits per heavy atom. The normalized spacial score (nSPS) is 10.3. The van der Waals surface area contributed by atoms with Crippen molar-refractivity contribution in [1.29, 1.82) is 0 Å². The van der Waals surface area contributed by atoms with E-state index in [1.807, 2.05) is 0 Å². The third kappa shape index (κ3) is 2.73. The second kappa shape index (κ2) is 5.10. The van der Waals surface area contributed by atoms with Crippen LogP contribution in [0.15, 0.2) is 36.4 Å². The fourth-order valence-corrected chi connectivity index (χ4v) is 1.76. The minimum absolute atomic E-state index is 0.0427. The topological polar surface area (TPSA) is 49.3 Å². The molecule has 0 spiro atoms. The Bertz CT molecular complexity index is 638. The summed E-state index contributed by atoms with van der Waals surface area (Å²) in [7, 11) is 0. The van der Waals surface area contributed by atoms with Crippen molar-refractivity contribution in [2.24, 2.45) is 0 Å². The lowest BCUT2D eigenvalue weighted by Gasteiger charge is -2.09. The molecule has 0 radical (unpaired) electrons. The molecule has 0 atom stereocenters. The fraction of sp³-hybridized carbons (Fsp3) is 0.133. The van der Waals surface area contributed by atoms with Gasteiger partial charge in [0.05, 0.1) is 5.56 Å². The number of rotatable bonds is 2. The first-order valence-electron chi connectivity index (χ1n) is 5.85. The molecule has 0 aliphatic carbocycles. The second-order valence-electron chi connectivity index (χ2n) is 4.39. The standard InChI is InChI=1S/C15H14FNO2/c1-9-4-3-5-12(14(9)18)15(19)17-11-6-7-13(16)10(2)8-11/h3-8,18H,1-2H3,(H,17,19). The predicted octanol–water partition coefficient (Wildman–Crippen LogP) is 3.40. The highest BCUT2D eigenvalue weighted by Crippen LogP contribution is 2.23. The monoisotopic (exact) mass is 259 g/mol. The maximum absolute atomic E-state index is 13.1. The summed E-state index contributed by atoms with van der Waals surface area (Å²) in [6.45, 7) is 3.34. The van der Waals surface area contributed by atoms with Crippen LogP contribution in [-0.2, 0) is 0 Å². The van der Waals surface area contributed by atoms with Crippen LogP contribution in [0, 0.1) is 19.7 Å². The minimum atomic E-state index is -0.424. The number of aromatic hydroxyl groups is 1. The molecular weight excluding hydrogens is 245 g/mol. The highest BCUT2D eigenvalue weighted by Gasteiger charge is 2.12. The van der Waals surface area contributed by atoms with Crippen molar-refractivity contribution in [3.8, 4) is 5.75 Å². The van der Waals surface area contributed by atoms with Gasteiger partial charge < -0.3 is 10.4 Å². The first-order chi connectivity index (χ1) is 8.99. The zero-order valence-corrected chi connectivity index (χ0v) is 10.7. The number of phenolic OH excluding ortho intramolecular Hbond substituents is 1. The predicted molar refractivity (Wildman–Crippen MR) is 71.9 cm³/mol. The largest absolute Gasteiger partial charge is 0.507 e. The van der Waals surface area contributed by atoms with Crippen LogP contribution in [0.1, 0.15) is 21.5 Å². The Morgan fingerprint density at radius 1 is 1.16 bits per heavy atom. The van der Waals surface area contributed by atoms with Gasteiger partial charge in [0, 0.05) is 5.69 Å². The van der Waals surface area contributed by atoms with E-state index in [4.69, 9.17) is 0 Å². The highest BCUT2D eigenvalue weighted by atomic mass is 19.1. The Labute approximate surface area is 110 Å². The quantitative estimate of drug-likeness (QED) is 0.868. The van der Waals surface area contributed by atoms with Gasteiger partial charge in [0.2, 0.25) is 0 Å². The molecular formula is C15H14FNO2. The number of carbonyl (C=O) groups is 1. The number of para-hydroxylation sites is 1. The van der Waals surface area contributed by atoms with Crippen LogP contribution in [0.3, 0.4) is 0 Å². The number of phenols is 1. The van der Waals surface area contributed by atoms with Gasteiger partial charge in [-0.25, -0.2) is 4.39 Å². The molecule has 0 saturated heterocycles. The number of carbonyl (C=O) groups excluding carboxylic acids is 1. The molecule has 0 fully saturated rings. The summed E-state index contributed by atoms with van der Waals surface area (Å²) >= 11 is 0. The van der Waals surface area contributed by atoms with Crippen molar-refractivity contribution in [2.75, 3.05) is 5.32 Å². The maximum atomic E-state index is 13.1. The van der Waals surface area contributed by atoms with Crippen LogP contribution in [-0.4, -0.2) is 11.0 Å². The highest BCUT2D eigenvalue weighted by molar-refractivity contribution is 6.06. The molecule has 0 bridgehead atoms. The van der Waals surface area contributed by atoms with E-state index in [9.17, 15) is 14.3 Å². The zero-order chi connectivity index (χ0) is 14.0. The van der Waals surface area contributed by atoms with Crippen LogP contribution in [0.25, 0.3) is 0 Å². The van der Waals surface area contributed by atoms with E-state index >= 15 is 0 Å².